The first kappa shape index (κ1) is 23.8. The number of likely N-dealkylation sites (tertiary alicyclic amines) is 1. The summed E-state index contributed by atoms with van der Waals surface area (Å²) in [5.74, 6) is 0.385. The Morgan fingerprint density at radius 3 is 2.72 bits per heavy atom. The van der Waals surface area contributed by atoms with Crippen LogP contribution in [0.15, 0.2) is 48.5 Å². The van der Waals surface area contributed by atoms with Crippen molar-refractivity contribution in [3.8, 4) is 5.75 Å². The van der Waals surface area contributed by atoms with Crippen molar-refractivity contribution in [3.63, 3.8) is 0 Å². The van der Waals surface area contributed by atoms with Crippen molar-refractivity contribution in [2.75, 3.05) is 20.2 Å². The highest BCUT2D eigenvalue weighted by Crippen LogP contribution is 2.51. The molecular weight excluding hydrogens is 496 g/mol. The van der Waals surface area contributed by atoms with E-state index in [-0.39, 0.29) is 29.6 Å². The van der Waals surface area contributed by atoms with Gasteiger partial charge in [-0.2, -0.15) is 0 Å². The van der Waals surface area contributed by atoms with Crippen molar-refractivity contribution in [1.29, 1.82) is 0 Å². The molecule has 0 aliphatic carbocycles. The molecular formula is C29H30N6O4. The average Bonchev–Trinajstić information content (AvgIpc) is 3.68. The normalized spacial score (nSPS) is 25.4. The zero-order chi connectivity index (χ0) is 27.1. The molecule has 3 atom stereocenters. The standard InChI is InChI=1S/C29H30N6O4/c1-28(2)14-29-12-17(13-35(29)27(38)24-31-20-9-8-18(39-3)11-21(20)32-24)34(15-29)26(37)23(28)33-25(36)22-10-16-6-4-5-7-19(16)30-22/h4-11,17,23,30H,12-15H2,1-3H3,(H,31,32)(H,33,36)/t17-,23+,29+/m0/s1. The van der Waals surface area contributed by atoms with E-state index in [1.54, 1.807) is 19.2 Å². The van der Waals surface area contributed by atoms with Crippen LogP contribution in [0, 0.1) is 5.41 Å². The molecule has 0 saturated carbocycles. The monoisotopic (exact) mass is 526 g/mol. The molecule has 0 radical (unpaired) electrons. The maximum Gasteiger partial charge on any atom is 0.290 e. The maximum absolute atomic E-state index is 13.8. The third-order valence-electron chi connectivity index (χ3n) is 8.77. The molecule has 200 valence electrons. The van der Waals surface area contributed by atoms with E-state index in [1.165, 1.54) is 0 Å². The number of aromatic nitrogens is 3. The lowest BCUT2D eigenvalue weighted by Crippen LogP contribution is -2.57. The first-order valence-corrected chi connectivity index (χ1v) is 13.2. The number of ether oxygens (including phenoxy) is 1. The van der Waals surface area contributed by atoms with Gasteiger partial charge in [-0.1, -0.05) is 32.0 Å². The minimum atomic E-state index is -0.713. The van der Waals surface area contributed by atoms with E-state index in [1.807, 2.05) is 60.0 Å². The lowest BCUT2D eigenvalue weighted by atomic mass is 9.73. The largest absolute Gasteiger partial charge is 0.497 e. The molecule has 3 aliphatic rings. The van der Waals surface area contributed by atoms with Crippen LogP contribution in [0.3, 0.4) is 0 Å². The number of piperazine rings is 1. The zero-order valence-corrected chi connectivity index (χ0v) is 22.1. The number of nitrogens with zero attached hydrogens (tertiary/aromatic N) is 3. The fourth-order valence-corrected chi connectivity index (χ4v) is 7.06. The number of hydrogen-bond donors (Lipinski definition) is 3. The van der Waals surface area contributed by atoms with Gasteiger partial charge in [-0.15, -0.1) is 0 Å². The SMILES string of the molecule is COc1ccc2[nH]c(C(=O)N3C[C@@H]4C[C@@]35CN4C(=O)[C@@H](NC(=O)c3cc4ccccc4[nH]3)C(C)(C)C5)nc2c1. The van der Waals surface area contributed by atoms with Gasteiger partial charge in [0.05, 0.1) is 29.7 Å². The number of benzene rings is 2. The maximum atomic E-state index is 13.8. The third-order valence-corrected chi connectivity index (χ3v) is 8.77. The van der Waals surface area contributed by atoms with E-state index < -0.39 is 17.0 Å². The fraction of sp³-hybridized carbons (Fsp3) is 0.379. The number of nitrogens with one attached hydrogen (secondary N) is 3. The van der Waals surface area contributed by atoms with Crippen LogP contribution >= 0.6 is 0 Å². The van der Waals surface area contributed by atoms with Crippen LogP contribution in [0.4, 0.5) is 0 Å². The number of fused-ring (bicyclic) bond motifs is 5. The summed E-state index contributed by atoms with van der Waals surface area (Å²) in [6, 6.07) is 14.2. The van der Waals surface area contributed by atoms with Gasteiger partial charge in [0, 0.05) is 30.1 Å². The number of imidazole rings is 1. The second-order valence-corrected chi connectivity index (χ2v) is 11.8. The Bertz CT molecular complexity index is 1640. The number of amides is 3. The average molecular weight is 527 g/mol. The second kappa shape index (κ2) is 8.08. The first-order chi connectivity index (χ1) is 18.7. The van der Waals surface area contributed by atoms with Crippen molar-refractivity contribution < 1.29 is 19.1 Å². The number of carbonyl (C=O) groups excluding carboxylic acids is 3. The van der Waals surface area contributed by atoms with E-state index in [0.29, 0.717) is 36.5 Å². The first-order valence-electron chi connectivity index (χ1n) is 13.2. The van der Waals surface area contributed by atoms with Gasteiger partial charge in [0.25, 0.3) is 11.8 Å². The Morgan fingerprint density at radius 1 is 1.10 bits per heavy atom. The highest BCUT2D eigenvalue weighted by Gasteiger charge is 2.63. The smallest absolute Gasteiger partial charge is 0.290 e. The summed E-state index contributed by atoms with van der Waals surface area (Å²) >= 11 is 0. The highest BCUT2D eigenvalue weighted by molar-refractivity contribution is 6.01. The van der Waals surface area contributed by atoms with Gasteiger partial charge < -0.3 is 29.8 Å². The minimum Gasteiger partial charge on any atom is -0.497 e. The summed E-state index contributed by atoms with van der Waals surface area (Å²) in [4.78, 5) is 55.6. The van der Waals surface area contributed by atoms with Crippen LogP contribution in [0.1, 0.15) is 47.8 Å². The minimum absolute atomic E-state index is 0.0863. The van der Waals surface area contributed by atoms with Gasteiger partial charge >= 0.3 is 0 Å². The van der Waals surface area contributed by atoms with Crippen molar-refractivity contribution >= 4 is 39.7 Å². The predicted molar refractivity (Wildman–Crippen MR) is 144 cm³/mol. The van der Waals surface area contributed by atoms with E-state index in [4.69, 9.17) is 4.74 Å². The second-order valence-electron chi connectivity index (χ2n) is 11.8. The molecule has 1 spiro atoms. The van der Waals surface area contributed by atoms with Crippen molar-refractivity contribution in [3.05, 3.63) is 60.0 Å². The number of methoxy groups -OCH3 is 1. The van der Waals surface area contributed by atoms with E-state index in [2.05, 4.69) is 20.3 Å². The summed E-state index contributed by atoms with van der Waals surface area (Å²) < 4.78 is 5.29. The van der Waals surface area contributed by atoms with E-state index in [0.717, 1.165) is 22.8 Å². The van der Waals surface area contributed by atoms with Crippen LogP contribution in [-0.2, 0) is 4.79 Å². The zero-order valence-electron chi connectivity index (χ0n) is 22.1. The third kappa shape index (κ3) is 3.54. The molecule has 3 fully saturated rings. The van der Waals surface area contributed by atoms with Crippen LogP contribution in [-0.4, -0.2) is 80.3 Å². The number of rotatable bonds is 4. The summed E-state index contributed by atoms with van der Waals surface area (Å²) in [5, 5.41) is 3.97. The predicted octanol–water partition coefficient (Wildman–Crippen LogP) is 3.08. The summed E-state index contributed by atoms with van der Waals surface area (Å²) in [6.45, 7) is 4.91. The Hall–Kier alpha value is -4.34. The van der Waals surface area contributed by atoms with E-state index in [9.17, 15) is 14.4 Å². The number of para-hydroxylation sites is 1. The Morgan fingerprint density at radius 2 is 1.92 bits per heavy atom. The van der Waals surface area contributed by atoms with Gasteiger partial charge in [0.15, 0.2) is 5.82 Å². The molecule has 3 saturated heterocycles. The van der Waals surface area contributed by atoms with Crippen LogP contribution in [0.25, 0.3) is 21.9 Å². The number of hydrogen-bond acceptors (Lipinski definition) is 5. The molecule has 2 aromatic carbocycles. The number of H-pyrrole nitrogens is 2. The molecule has 5 heterocycles. The van der Waals surface area contributed by atoms with E-state index >= 15 is 0 Å². The molecule has 3 N–H and O–H groups in total. The molecule has 7 rings (SSSR count). The molecule has 0 unspecified atom stereocenters. The molecule has 10 nitrogen and oxygen atoms in total. The van der Waals surface area contributed by atoms with Crippen LogP contribution in [0.2, 0.25) is 0 Å². The van der Waals surface area contributed by atoms with Gasteiger partial charge in [-0.05, 0) is 42.5 Å². The molecule has 3 bridgehead atoms. The molecule has 4 aromatic rings. The topological polar surface area (TPSA) is 123 Å². The Kier molecular flexibility index (Phi) is 4.92. The lowest BCUT2D eigenvalue weighted by Gasteiger charge is -2.42. The molecule has 10 heteroatoms. The Labute approximate surface area is 224 Å². The van der Waals surface area contributed by atoms with Gasteiger partial charge in [-0.25, -0.2) is 4.98 Å². The molecule has 3 aliphatic heterocycles. The summed E-state index contributed by atoms with van der Waals surface area (Å²) in [6.07, 6.45) is 1.31. The fourth-order valence-electron chi connectivity index (χ4n) is 7.06. The molecule has 3 amide bonds. The Balaban J connectivity index is 1.17. The number of aromatic amines is 2. The van der Waals surface area contributed by atoms with Gasteiger partial charge in [0.2, 0.25) is 5.91 Å². The van der Waals surface area contributed by atoms with Crippen molar-refractivity contribution in [2.24, 2.45) is 5.41 Å². The summed E-state index contributed by atoms with van der Waals surface area (Å²) in [5.41, 5.74) is 1.60. The summed E-state index contributed by atoms with van der Waals surface area (Å²) in [7, 11) is 1.59. The highest BCUT2D eigenvalue weighted by atomic mass is 16.5. The van der Waals surface area contributed by atoms with Gasteiger partial charge in [0.1, 0.15) is 17.5 Å². The lowest BCUT2D eigenvalue weighted by molar-refractivity contribution is -0.136. The molecule has 39 heavy (non-hydrogen) atoms. The molecule has 2 aromatic heterocycles. The van der Waals surface area contributed by atoms with Crippen molar-refractivity contribution in [1.82, 2.24) is 30.1 Å². The van der Waals surface area contributed by atoms with Crippen LogP contribution < -0.4 is 10.1 Å². The van der Waals surface area contributed by atoms with Crippen LogP contribution in [0.5, 0.6) is 5.75 Å². The van der Waals surface area contributed by atoms with Crippen molar-refractivity contribution in [2.45, 2.75) is 44.3 Å². The quantitative estimate of drug-likeness (QED) is 0.377. The van der Waals surface area contributed by atoms with Gasteiger partial charge in [-0.3, -0.25) is 14.4 Å². The number of carbonyl (C=O) groups is 3.